The molecule has 0 saturated carbocycles. The summed E-state index contributed by atoms with van der Waals surface area (Å²) in [6.45, 7) is 2.70. The fraction of sp³-hybridized carbons (Fsp3) is 0.167. The van der Waals surface area contributed by atoms with E-state index in [0.717, 1.165) is 16.6 Å². The summed E-state index contributed by atoms with van der Waals surface area (Å²) in [6, 6.07) is 13.7. The lowest BCUT2D eigenvalue weighted by Gasteiger charge is -2.07. The first-order chi connectivity index (χ1) is 10.7. The zero-order chi connectivity index (χ0) is 15.4. The molecule has 22 heavy (non-hydrogen) atoms. The number of pyridine rings is 2. The SMILES string of the molecule is Cc1cc[n+](CCC(=O)Nc2cccc3cccnc23)cc1. The molecule has 1 N–H and O–H groups in total. The number of para-hydroxylation sites is 1. The van der Waals surface area contributed by atoms with Gasteiger partial charge in [0.2, 0.25) is 5.91 Å². The summed E-state index contributed by atoms with van der Waals surface area (Å²) in [4.78, 5) is 16.5. The molecule has 3 rings (SSSR count). The van der Waals surface area contributed by atoms with Crippen LogP contribution < -0.4 is 9.88 Å². The molecule has 2 heterocycles. The van der Waals surface area contributed by atoms with Gasteiger partial charge in [-0.15, -0.1) is 0 Å². The van der Waals surface area contributed by atoms with Crippen molar-refractivity contribution >= 4 is 22.5 Å². The third-order valence-corrected chi connectivity index (χ3v) is 3.56. The van der Waals surface area contributed by atoms with Crippen molar-refractivity contribution in [3.05, 3.63) is 66.6 Å². The number of nitrogens with zero attached hydrogens (tertiary/aromatic N) is 2. The molecule has 1 aromatic carbocycles. The quantitative estimate of drug-likeness (QED) is 0.752. The minimum absolute atomic E-state index is 0.00812. The fourth-order valence-electron chi connectivity index (χ4n) is 2.33. The number of aromatic nitrogens is 2. The van der Waals surface area contributed by atoms with Gasteiger partial charge in [0.1, 0.15) is 0 Å². The van der Waals surface area contributed by atoms with E-state index in [1.54, 1.807) is 6.20 Å². The Bertz CT molecular complexity index is 792. The van der Waals surface area contributed by atoms with E-state index in [-0.39, 0.29) is 5.91 Å². The summed E-state index contributed by atoms with van der Waals surface area (Å²) in [7, 11) is 0. The molecule has 0 atom stereocenters. The maximum atomic E-state index is 12.1. The predicted molar refractivity (Wildman–Crippen MR) is 86.4 cm³/mol. The molecule has 2 aromatic heterocycles. The van der Waals surface area contributed by atoms with Crippen molar-refractivity contribution in [2.24, 2.45) is 0 Å². The third kappa shape index (κ3) is 3.28. The normalized spacial score (nSPS) is 10.6. The number of hydrogen-bond acceptors (Lipinski definition) is 2. The molecule has 4 nitrogen and oxygen atoms in total. The molecule has 0 unspecified atom stereocenters. The van der Waals surface area contributed by atoms with E-state index in [1.807, 2.05) is 66.3 Å². The Morgan fingerprint density at radius 3 is 2.73 bits per heavy atom. The van der Waals surface area contributed by atoms with Gasteiger partial charge in [-0.05, 0) is 24.6 Å². The lowest BCUT2D eigenvalue weighted by molar-refractivity contribution is -0.695. The molecule has 0 aliphatic rings. The lowest BCUT2D eigenvalue weighted by Crippen LogP contribution is -2.34. The van der Waals surface area contributed by atoms with Crippen LogP contribution in [0.2, 0.25) is 0 Å². The fourth-order valence-corrected chi connectivity index (χ4v) is 2.33. The highest BCUT2D eigenvalue weighted by Gasteiger charge is 2.09. The third-order valence-electron chi connectivity index (χ3n) is 3.56. The van der Waals surface area contributed by atoms with Crippen LogP contribution in [-0.4, -0.2) is 10.9 Å². The number of benzene rings is 1. The highest BCUT2D eigenvalue weighted by atomic mass is 16.1. The van der Waals surface area contributed by atoms with Gasteiger partial charge >= 0.3 is 0 Å². The highest BCUT2D eigenvalue weighted by Crippen LogP contribution is 2.20. The number of hydrogen-bond donors (Lipinski definition) is 1. The van der Waals surface area contributed by atoms with E-state index < -0.39 is 0 Å². The van der Waals surface area contributed by atoms with Gasteiger partial charge in [0.25, 0.3) is 0 Å². The van der Waals surface area contributed by atoms with Crippen LogP contribution in [0.4, 0.5) is 5.69 Å². The number of aryl methyl sites for hydroxylation is 2. The Kier molecular flexibility index (Phi) is 4.10. The lowest BCUT2D eigenvalue weighted by atomic mass is 10.2. The van der Waals surface area contributed by atoms with Crippen molar-refractivity contribution in [2.75, 3.05) is 5.32 Å². The van der Waals surface area contributed by atoms with Crippen LogP contribution in [0, 0.1) is 6.92 Å². The molecule has 0 fully saturated rings. The summed E-state index contributed by atoms with van der Waals surface area (Å²) < 4.78 is 2.01. The molecule has 0 aliphatic carbocycles. The molecule has 1 amide bonds. The van der Waals surface area contributed by atoms with Crippen molar-refractivity contribution in [1.29, 1.82) is 0 Å². The van der Waals surface area contributed by atoms with Crippen molar-refractivity contribution in [3.8, 4) is 0 Å². The van der Waals surface area contributed by atoms with Crippen molar-refractivity contribution in [3.63, 3.8) is 0 Å². The molecule has 0 spiro atoms. The predicted octanol–water partition coefficient (Wildman–Crippen LogP) is 2.86. The average molecular weight is 292 g/mol. The second-order valence-corrected chi connectivity index (χ2v) is 5.29. The Labute approximate surface area is 129 Å². The molecular weight excluding hydrogens is 274 g/mol. The Hall–Kier alpha value is -2.75. The summed E-state index contributed by atoms with van der Waals surface area (Å²) in [5.41, 5.74) is 2.79. The smallest absolute Gasteiger partial charge is 0.230 e. The zero-order valence-electron chi connectivity index (χ0n) is 12.5. The molecule has 0 bridgehead atoms. The minimum Gasteiger partial charge on any atom is -0.324 e. The van der Waals surface area contributed by atoms with E-state index in [2.05, 4.69) is 10.3 Å². The maximum absolute atomic E-state index is 12.1. The zero-order valence-corrected chi connectivity index (χ0v) is 12.5. The second kappa shape index (κ2) is 6.35. The standard InChI is InChI=1S/C18H17N3O/c1-14-7-11-21(12-8-14)13-9-17(22)20-16-6-2-4-15-5-3-10-19-18(15)16/h2-8,10-12H,9,13H2,1H3/p+1. The minimum atomic E-state index is -0.00812. The maximum Gasteiger partial charge on any atom is 0.230 e. The van der Waals surface area contributed by atoms with Crippen LogP contribution in [0.1, 0.15) is 12.0 Å². The Morgan fingerprint density at radius 2 is 1.91 bits per heavy atom. The van der Waals surface area contributed by atoms with Gasteiger partial charge in [-0.1, -0.05) is 18.2 Å². The van der Waals surface area contributed by atoms with Crippen LogP contribution >= 0.6 is 0 Å². The monoisotopic (exact) mass is 292 g/mol. The van der Waals surface area contributed by atoms with Gasteiger partial charge in [-0.25, -0.2) is 4.57 Å². The van der Waals surface area contributed by atoms with Crippen molar-refractivity contribution < 1.29 is 9.36 Å². The molecule has 0 aliphatic heterocycles. The average Bonchev–Trinajstić information content (AvgIpc) is 2.55. The van der Waals surface area contributed by atoms with E-state index in [1.165, 1.54) is 5.56 Å². The number of anilines is 1. The van der Waals surface area contributed by atoms with Gasteiger partial charge < -0.3 is 5.32 Å². The first-order valence-corrected chi connectivity index (χ1v) is 7.32. The molecular formula is C18H18N3O+. The highest BCUT2D eigenvalue weighted by molar-refractivity contribution is 6.00. The van der Waals surface area contributed by atoms with E-state index in [4.69, 9.17) is 0 Å². The van der Waals surface area contributed by atoms with Crippen LogP contribution in [0.25, 0.3) is 10.9 Å². The summed E-state index contributed by atoms with van der Waals surface area (Å²) in [5.74, 6) is -0.00812. The number of carbonyl (C=O) groups is 1. The van der Waals surface area contributed by atoms with Gasteiger partial charge in [0.15, 0.2) is 18.9 Å². The number of fused-ring (bicyclic) bond motifs is 1. The molecule has 0 saturated heterocycles. The van der Waals surface area contributed by atoms with Crippen molar-refractivity contribution in [1.82, 2.24) is 4.98 Å². The van der Waals surface area contributed by atoms with E-state index in [9.17, 15) is 4.79 Å². The van der Waals surface area contributed by atoms with Crippen LogP contribution in [0.15, 0.2) is 61.1 Å². The van der Waals surface area contributed by atoms with E-state index in [0.29, 0.717) is 13.0 Å². The topological polar surface area (TPSA) is 45.9 Å². The number of carbonyl (C=O) groups excluding carboxylic acids is 1. The summed E-state index contributed by atoms with van der Waals surface area (Å²) in [6.07, 6.45) is 6.14. The van der Waals surface area contributed by atoms with Gasteiger partial charge in [0, 0.05) is 23.7 Å². The number of amides is 1. The van der Waals surface area contributed by atoms with Gasteiger partial charge in [-0.2, -0.15) is 0 Å². The van der Waals surface area contributed by atoms with Crippen molar-refractivity contribution in [2.45, 2.75) is 19.9 Å². The first kappa shape index (κ1) is 14.2. The largest absolute Gasteiger partial charge is 0.324 e. The molecule has 3 aromatic rings. The molecule has 110 valence electrons. The molecule has 0 radical (unpaired) electrons. The number of rotatable bonds is 4. The second-order valence-electron chi connectivity index (χ2n) is 5.29. The van der Waals surface area contributed by atoms with Gasteiger partial charge in [-0.3, -0.25) is 9.78 Å². The van der Waals surface area contributed by atoms with Crippen LogP contribution in [0.3, 0.4) is 0 Å². The number of nitrogens with one attached hydrogen (secondary N) is 1. The van der Waals surface area contributed by atoms with E-state index >= 15 is 0 Å². The first-order valence-electron chi connectivity index (χ1n) is 7.32. The summed E-state index contributed by atoms with van der Waals surface area (Å²) in [5, 5.41) is 3.97. The van der Waals surface area contributed by atoms with Gasteiger partial charge in [0.05, 0.1) is 17.6 Å². The Morgan fingerprint density at radius 1 is 1.14 bits per heavy atom. The van der Waals surface area contributed by atoms with Crippen LogP contribution in [0.5, 0.6) is 0 Å². The Balaban J connectivity index is 1.67. The van der Waals surface area contributed by atoms with Crippen LogP contribution in [-0.2, 0) is 11.3 Å². The molecule has 4 heteroatoms. The summed E-state index contributed by atoms with van der Waals surface area (Å²) >= 11 is 0.